The first-order chi connectivity index (χ1) is 9.63. The Bertz CT molecular complexity index is 470. The Morgan fingerprint density at radius 2 is 2.20 bits per heavy atom. The minimum absolute atomic E-state index is 0.180. The van der Waals surface area contributed by atoms with Crippen LogP contribution in [0.15, 0.2) is 18.2 Å². The Hall–Kier alpha value is -1.51. The maximum atomic E-state index is 12.8. The van der Waals surface area contributed by atoms with Crippen LogP contribution in [0.5, 0.6) is 0 Å². The smallest absolute Gasteiger partial charge is 0.256 e. The molecule has 1 unspecified atom stereocenters. The number of amides is 1. The highest BCUT2D eigenvalue weighted by Crippen LogP contribution is 2.24. The first-order valence-corrected chi connectivity index (χ1v) is 7.79. The zero-order valence-corrected chi connectivity index (χ0v) is 12.9. The van der Waals surface area contributed by atoms with Crippen molar-refractivity contribution in [1.29, 1.82) is 0 Å². The molecule has 0 bridgehead atoms. The zero-order chi connectivity index (χ0) is 14.5. The van der Waals surface area contributed by atoms with E-state index in [0.29, 0.717) is 6.04 Å². The van der Waals surface area contributed by atoms with Crippen LogP contribution in [0.25, 0.3) is 0 Å². The standard InChI is InChI=1S/C17H26N2O/c1-4-10-18-16-9-8-13(2)12-15(16)17(20)19-11-6-5-7-14(19)3/h8-9,12,14,18H,4-7,10-11H2,1-3H3. The summed E-state index contributed by atoms with van der Waals surface area (Å²) in [5.74, 6) is 0.180. The van der Waals surface area contributed by atoms with Crippen molar-refractivity contribution in [2.24, 2.45) is 0 Å². The van der Waals surface area contributed by atoms with Gasteiger partial charge in [-0.1, -0.05) is 18.6 Å². The number of hydrogen-bond acceptors (Lipinski definition) is 2. The van der Waals surface area contributed by atoms with Gasteiger partial charge in [-0.3, -0.25) is 4.79 Å². The van der Waals surface area contributed by atoms with Crippen molar-refractivity contribution >= 4 is 11.6 Å². The molecule has 1 heterocycles. The Kier molecular flexibility index (Phi) is 5.05. The van der Waals surface area contributed by atoms with Gasteiger partial charge in [0.2, 0.25) is 0 Å². The van der Waals surface area contributed by atoms with Crippen LogP contribution < -0.4 is 5.32 Å². The average Bonchev–Trinajstić information content (AvgIpc) is 2.46. The Balaban J connectivity index is 2.24. The second-order valence-corrected chi connectivity index (χ2v) is 5.82. The molecule has 1 aliphatic heterocycles. The maximum Gasteiger partial charge on any atom is 0.256 e. The Labute approximate surface area is 122 Å². The second-order valence-electron chi connectivity index (χ2n) is 5.82. The van der Waals surface area contributed by atoms with Crippen molar-refractivity contribution in [3.05, 3.63) is 29.3 Å². The van der Waals surface area contributed by atoms with E-state index in [1.54, 1.807) is 0 Å². The summed E-state index contributed by atoms with van der Waals surface area (Å²) >= 11 is 0. The van der Waals surface area contributed by atoms with Gasteiger partial charge in [0, 0.05) is 24.8 Å². The van der Waals surface area contributed by atoms with Gasteiger partial charge in [-0.05, 0) is 51.7 Å². The van der Waals surface area contributed by atoms with Crippen LogP contribution in [-0.2, 0) is 0 Å². The molecule has 3 heteroatoms. The number of rotatable bonds is 4. The number of carbonyl (C=O) groups excluding carboxylic acids is 1. The van der Waals surface area contributed by atoms with Crippen molar-refractivity contribution in [3.8, 4) is 0 Å². The summed E-state index contributed by atoms with van der Waals surface area (Å²) < 4.78 is 0. The highest BCUT2D eigenvalue weighted by atomic mass is 16.2. The topological polar surface area (TPSA) is 32.3 Å². The number of aryl methyl sites for hydroxylation is 1. The summed E-state index contributed by atoms with van der Waals surface area (Å²) in [5, 5.41) is 3.38. The van der Waals surface area contributed by atoms with Gasteiger partial charge in [0.05, 0.1) is 5.56 Å². The predicted octanol–water partition coefficient (Wildman–Crippen LogP) is 3.83. The molecule has 0 saturated carbocycles. The van der Waals surface area contributed by atoms with E-state index in [0.717, 1.165) is 49.2 Å². The van der Waals surface area contributed by atoms with Crippen molar-refractivity contribution in [3.63, 3.8) is 0 Å². The summed E-state index contributed by atoms with van der Waals surface area (Å²) in [7, 11) is 0. The summed E-state index contributed by atoms with van der Waals surface area (Å²) in [5.41, 5.74) is 2.94. The van der Waals surface area contributed by atoms with Crippen LogP contribution in [-0.4, -0.2) is 29.9 Å². The first-order valence-electron chi connectivity index (χ1n) is 7.79. The second kappa shape index (κ2) is 6.78. The monoisotopic (exact) mass is 274 g/mol. The summed E-state index contributed by atoms with van der Waals surface area (Å²) in [6.45, 7) is 8.13. The van der Waals surface area contributed by atoms with Gasteiger partial charge in [0.1, 0.15) is 0 Å². The third-order valence-electron chi connectivity index (χ3n) is 4.03. The molecule has 1 N–H and O–H groups in total. The lowest BCUT2D eigenvalue weighted by Gasteiger charge is -2.34. The molecule has 2 rings (SSSR count). The predicted molar refractivity (Wildman–Crippen MR) is 84.3 cm³/mol. The van der Waals surface area contributed by atoms with Gasteiger partial charge in [-0.15, -0.1) is 0 Å². The Morgan fingerprint density at radius 3 is 2.90 bits per heavy atom. The quantitative estimate of drug-likeness (QED) is 0.905. The number of nitrogens with zero attached hydrogens (tertiary/aromatic N) is 1. The van der Waals surface area contributed by atoms with Gasteiger partial charge in [0.15, 0.2) is 0 Å². The third kappa shape index (κ3) is 3.33. The molecule has 1 saturated heterocycles. The third-order valence-corrected chi connectivity index (χ3v) is 4.03. The minimum atomic E-state index is 0.180. The first kappa shape index (κ1) is 14.9. The number of carbonyl (C=O) groups is 1. The molecule has 110 valence electrons. The SMILES string of the molecule is CCCNc1ccc(C)cc1C(=O)N1CCCCC1C. The minimum Gasteiger partial charge on any atom is -0.384 e. The van der Waals surface area contributed by atoms with Crippen LogP contribution in [0.1, 0.15) is 55.5 Å². The zero-order valence-electron chi connectivity index (χ0n) is 12.9. The number of benzene rings is 1. The average molecular weight is 274 g/mol. The highest BCUT2D eigenvalue weighted by molar-refractivity contribution is 6.00. The van der Waals surface area contributed by atoms with Crippen molar-refractivity contribution < 1.29 is 4.79 Å². The molecule has 0 radical (unpaired) electrons. The van der Waals surface area contributed by atoms with E-state index in [9.17, 15) is 4.79 Å². The fraction of sp³-hybridized carbons (Fsp3) is 0.588. The van der Waals surface area contributed by atoms with E-state index >= 15 is 0 Å². The van der Waals surface area contributed by atoms with E-state index in [-0.39, 0.29) is 5.91 Å². The highest BCUT2D eigenvalue weighted by Gasteiger charge is 2.25. The van der Waals surface area contributed by atoms with Gasteiger partial charge >= 0.3 is 0 Å². The largest absolute Gasteiger partial charge is 0.384 e. The molecule has 0 aliphatic carbocycles. The van der Waals surface area contributed by atoms with Gasteiger partial charge < -0.3 is 10.2 Å². The van der Waals surface area contributed by atoms with Crippen LogP contribution in [0, 0.1) is 6.92 Å². The number of hydrogen-bond donors (Lipinski definition) is 1. The summed E-state index contributed by atoms with van der Waals surface area (Å²) in [6.07, 6.45) is 4.54. The van der Waals surface area contributed by atoms with E-state index in [1.165, 1.54) is 6.42 Å². The van der Waals surface area contributed by atoms with Crippen molar-refractivity contribution in [2.75, 3.05) is 18.4 Å². The molecular weight excluding hydrogens is 248 g/mol. The van der Waals surface area contributed by atoms with Gasteiger partial charge in [-0.2, -0.15) is 0 Å². The molecule has 1 amide bonds. The van der Waals surface area contributed by atoms with Crippen LogP contribution >= 0.6 is 0 Å². The van der Waals surface area contributed by atoms with Crippen LogP contribution in [0.3, 0.4) is 0 Å². The summed E-state index contributed by atoms with van der Waals surface area (Å²) in [6, 6.07) is 6.47. The fourth-order valence-corrected chi connectivity index (χ4v) is 2.80. The lowest BCUT2D eigenvalue weighted by molar-refractivity contribution is 0.0636. The maximum absolute atomic E-state index is 12.8. The molecule has 0 spiro atoms. The molecule has 1 atom stereocenters. The number of nitrogens with one attached hydrogen (secondary N) is 1. The molecule has 1 aromatic rings. The van der Waals surface area contributed by atoms with Crippen LogP contribution in [0.2, 0.25) is 0 Å². The molecule has 0 aromatic heterocycles. The van der Waals surface area contributed by atoms with Gasteiger partial charge in [0.25, 0.3) is 5.91 Å². The number of likely N-dealkylation sites (tertiary alicyclic amines) is 1. The molecule has 1 aliphatic rings. The molecule has 3 nitrogen and oxygen atoms in total. The van der Waals surface area contributed by atoms with E-state index in [4.69, 9.17) is 0 Å². The van der Waals surface area contributed by atoms with Crippen molar-refractivity contribution in [1.82, 2.24) is 4.90 Å². The number of piperidine rings is 1. The molecule has 20 heavy (non-hydrogen) atoms. The molecule has 1 aromatic carbocycles. The normalized spacial score (nSPS) is 18.9. The van der Waals surface area contributed by atoms with E-state index in [2.05, 4.69) is 25.2 Å². The molecular formula is C17H26N2O. The fourth-order valence-electron chi connectivity index (χ4n) is 2.80. The van der Waals surface area contributed by atoms with E-state index < -0.39 is 0 Å². The van der Waals surface area contributed by atoms with Gasteiger partial charge in [-0.25, -0.2) is 0 Å². The molecule has 1 fully saturated rings. The summed E-state index contributed by atoms with van der Waals surface area (Å²) in [4.78, 5) is 14.9. The van der Waals surface area contributed by atoms with Crippen molar-refractivity contribution in [2.45, 2.75) is 52.5 Å². The van der Waals surface area contributed by atoms with E-state index in [1.807, 2.05) is 24.0 Å². The lowest BCUT2D eigenvalue weighted by Crippen LogP contribution is -2.42. The van der Waals surface area contributed by atoms with Crippen LogP contribution in [0.4, 0.5) is 5.69 Å². The Morgan fingerprint density at radius 1 is 1.40 bits per heavy atom. The lowest BCUT2D eigenvalue weighted by atomic mass is 10.0. The number of anilines is 1.